The Bertz CT molecular complexity index is 1220. The zero-order chi connectivity index (χ0) is 25.2. The lowest BCUT2D eigenvalue weighted by atomic mass is 10.2. The van der Waals surface area contributed by atoms with Gasteiger partial charge in [0, 0.05) is 10.9 Å². The molecule has 0 saturated carbocycles. The largest absolute Gasteiger partial charge is 0.457 e. The van der Waals surface area contributed by atoms with Gasteiger partial charge in [0.2, 0.25) is 0 Å². The number of rotatable bonds is 5. The van der Waals surface area contributed by atoms with Crippen LogP contribution in [0.2, 0.25) is 0 Å². The van der Waals surface area contributed by atoms with Crippen molar-refractivity contribution in [3.8, 4) is 11.5 Å². The first-order chi connectivity index (χ1) is 16.5. The number of benzene rings is 2. The van der Waals surface area contributed by atoms with Crippen molar-refractivity contribution < 1.29 is 27.5 Å². The summed E-state index contributed by atoms with van der Waals surface area (Å²) < 4.78 is 35.5. The van der Waals surface area contributed by atoms with E-state index in [2.05, 4.69) is 10.3 Å². The van der Waals surface area contributed by atoms with Gasteiger partial charge in [-0.05, 0) is 57.2 Å². The van der Waals surface area contributed by atoms with Crippen molar-refractivity contribution in [3.05, 3.63) is 54.6 Å². The molecule has 2 fully saturated rings. The van der Waals surface area contributed by atoms with E-state index in [4.69, 9.17) is 9.47 Å². The van der Waals surface area contributed by atoms with Gasteiger partial charge in [0.15, 0.2) is 15.0 Å². The molecule has 2 aromatic carbocycles. The molecule has 11 heteroatoms. The predicted molar refractivity (Wildman–Crippen MR) is 136 cm³/mol. The van der Waals surface area contributed by atoms with Gasteiger partial charge in [0.25, 0.3) is 5.91 Å². The third-order valence-electron chi connectivity index (χ3n) is 5.16. The van der Waals surface area contributed by atoms with Gasteiger partial charge in [0.1, 0.15) is 23.6 Å². The lowest BCUT2D eigenvalue weighted by Gasteiger charge is -2.24. The summed E-state index contributed by atoms with van der Waals surface area (Å²) in [7, 11) is -3.19. The highest BCUT2D eigenvalue weighted by Gasteiger charge is 2.49. The Kier molecular flexibility index (Phi) is 7.09. The molecule has 0 unspecified atom stereocenters. The van der Waals surface area contributed by atoms with Crippen molar-refractivity contribution in [1.82, 2.24) is 5.32 Å². The minimum absolute atomic E-state index is 0.0176. The molecule has 2 aliphatic rings. The molecule has 4 rings (SSSR count). The van der Waals surface area contributed by atoms with Gasteiger partial charge in [0.05, 0.1) is 17.5 Å². The number of nitrogens with zero attached hydrogens (tertiary/aromatic N) is 2. The van der Waals surface area contributed by atoms with Crippen LogP contribution in [0.4, 0.5) is 10.5 Å². The van der Waals surface area contributed by atoms with E-state index in [0.717, 1.165) is 0 Å². The van der Waals surface area contributed by atoms with E-state index in [1.54, 1.807) is 37.8 Å². The maximum Gasteiger partial charge on any atom is 0.408 e. The third kappa shape index (κ3) is 6.55. The van der Waals surface area contributed by atoms with E-state index < -0.39 is 27.4 Å². The van der Waals surface area contributed by atoms with Gasteiger partial charge in [-0.25, -0.2) is 13.2 Å². The van der Waals surface area contributed by atoms with Gasteiger partial charge in [-0.15, -0.1) is 0 Å². The number of aliphatic imine (C=N–C) groups is 1. The van der Waals surface area contributed by atoms with E-state index in [9.17, 15) is 18.0 Å². The van der Waals surface area contributed by atoms with E-state index in [1.165, 1.54) is 11.8 Å². The SMILES string of the molecule is CC(C)(C)OC(=O)NCC(=O)N=C1S[C@@H]2CS(=O)(=O)C[C@@H]2N1c1ccc(Oc2ccccc2)cc1. The minimum Gasteiger partial charge on any atom is -0.457 e. The Hall–Kier alpha value is -3.05. The van der Waals surface area contributed by atoms with Gasteiger partial charge in [-0.3, -0.25) is 4.79 Å². The van der Waals surface area contributed by atoms with Crippen LogP contribution in [0.3, 0.4) is 0 Å². The maximum absolute atomic E-state index is 12.5. The zero-order valence-corrected chi connectivity index (χ0v) is 21.3. The topological polar surface area (TPSA) is 114 Å². The molecule has 2 saturated heterocycles. The number of anilines is 1. The van der Waals surface area contributed by atoms with E-state index in [-0.39, 0.29) is 29.3 Å². The normalized spacial score (nSPS) is 22.0. The number of amides is 2. The summed E-state index contributed by atoms with van der Waals surface area (Å²) in [6, 6.07) is 16.2. The highest BCUT2D eigenvalue weighted by Crippen LogP contribution is 2.41. The van der Waals surface area contributed by atoms with Crippen molar-refractivity contribution in [2.45, 2.75) is 37.7 Å². The van der Waals surface area contributed by atoms with Crippen molar-refractivity contribution in [2.24, 2.45) is 4.99 Å². The minimum atomic E-state index is -3.19. The van der Waals surface area contributed by atoms with Crippen LogP contribution in [0.5, 0.6) is 11.5 Å². The van der Waals surface area contributed by atoms with E-state index >= 15 is 0 Å². The summed E-state index contributed by atoms with van der Waals surface area (Å²) in [6.45, 7) is 4.85. The molecule has 2 amide bonds. The lowest BCUT2D eigenvalue weighted by molar-refractivity contribution is -0.117. The average molecular weight is 518 g/mol. The number of alkyl carbamates (subject to hydrolysis) is 1. The average Bonchev–Trinajstić information content (AvgIpc) is 3.23. The molecular formula is C24H27N3O6S2. The number of sulfone groups is 1. The molecule has 0 aromatic heterocycles. The first-order valence-corrected chi connectivity index (χ1v) is 13.8. The number of ether oxygens (including phenoxy) is 2. The molecule has 0 aliphatic carbocycles. The van der Waals surface area contributed by atoms with Crippen LogP contribution < -0.4 is 15.0 Å². The number of nitrogens with one attached hydrogen (secondary N) is 1. The van der Waals surface area contributed by atoms with Gasteiger partial charge in [-0.1, -0.05) is 30.0 Å². The molecule has 35 heavy (non-hydrogen) atoms. The summed E-state index contributed by atoms with van der Waals surface area (Å²) in [5, 5.41) is 2.58. The van der Waals surface area contributed by atoms with Gasteiger partial charge < -0.3 is 19.7 Å². The number of fused-ring (bicyclic) bond motifs is 1. The number of carbonyl (C=O) groups excluding carboxylic acids is 2. The fourth-order valence-electron chi connectivity index (χ4n) is 3.77. The van der Waals surface area contributed by atoms with Crippen LogP contribution in [0.1, 0.15) is 20.8 Å². The Morgan fingerprint density at radius 2 is 1.71 bits per heavy atom. The van der Waals surface area contributed by atoms with E-state index in [1.807, 2.05) is 42.5 Å². The monoisotopic (exact) mass is 517 g/mol. The molecule has 2 aromatic rings. The van der Waals surface area contributed by atoms with Crippen molar-refractivity contribution in [1.29, 1.82) is 0 Å². The highest BCUT2D eigenvalue weighted by molar-refractivity contribution is 8.16. The first kappa shape index (κ1) is 25.1. The molecule has 0 spiro atoms. The number of para-hydroxylation sites is 1. The molecule has 2 aliphatic heterocycles. The number of thioether (sulfide) groups is 1. The highest BCUT2D eigenvalue weighted by atomic mass is 32.2. The van der Waals surface area contributed by atoms with Crippen molar-refractivity contribution in [3.63, 3.8) is 0 Å². The quantitative estimate of drug-likeness (QED) is 0.640. The second-order valence-electron chi connectivity index (χ2n) is 9.22. The molecule has 9 nitrogen and oxygen atoms in total. The van der Waals surface area contributed by atoms with Crippen LogP contribution in [-0.4, -0.2) is 60.5 Å². The number of hydrogen-bond donors (Lipinski definition) is 1. The number of hydrogen-bond acceptors (Lipinski definition) is 7. The molecule has 2 atom stereocenters. The molecule has 0 bridgehead atoms. The summed E-state index contributed by atoms with van der Waals surface area (Å²) in [6.07, 6.45) is -0.709. The summed E-state index contributed by atoms with van der Waals surface area (Å²) in [5.74, 6) is 0.770. The van der Waals surface area contributed by atoms with Crippen LogP contribution in [0.15, 0.2) is 59.6 Å². The Balaban J connectivity index is 1.51. The fraction of sp³-hybridized carbons (Fsp3) is 0.375. The fourth-order valence-corrected chi connectivity index (χ4v) is 7.71. The van der Waals surface area contributed by atoms with Crippen molar-refractivity contribution in [2.75, 3.05) is 23.0 Å². The first-order valence-electron chi connectivity index (χ1n) is 11.1. The summed E-state index contributed by atoms with van der Waals surface area (Å²) in [4.78, 5) is 30.3. The second-order valence-corrected chi connectivity index (χ2v) is 12.6. The smallest absolute Gasteiger partial charge is 0.408 e. The Morgan fingerprint density at radius 3 is 2.37 bits per heavy atom. The van der Waals surface area contributed by atoms with Crippen LogP contribution in [0, 0.1) is 0 Å². The number of carbonyl (C=O) groups is 2. The van der Waals surface area contributed by atoms with Gasteiger partial charge in [-0.2, -0.15) is 4.99 Å². The van der Waals surface area contributed by atoms with Crippen molar-refractivity contribution >= 4 is 44.5 Å². The van der Waals surface area contributed by atoms with E-state index in [0.29, 0.717) is 22.4 Å². The van der Waals surface area contributed by atoms with Crippen LogP contribution >= 0.6 is 11.8 Å². The summed E-state index contributed by atoms with van der Waals surface area (Å²) in [5.41, 5.74) is 0.0189. The molecule has 186 valence electrons. The molecular weight excluding hydrogens is 490 g/mol. The van der Waals surface area contributed by atoms with Crippen LogP contribution in [0.25, 0.3) is 0 Å². The predicted octanol–water partition coefficient (Wildman–Crippen LogP) is 3.61. The number of amidine groups is 1. The molecule has 0 radical (unpaired) electrons. The zero-order valence-electron chi connectivity index (χ0n) is 19.6. The molecule has 1 N–H and O–H groups in total. The second kappa shape index (κ2) is 9.90. The lowest BCUT2D eigenvalue weighted by Crippen LogP contribution is -2.38. The Morgan fingerprint density at radius 1 is 1.06 bits per heavy atom. The third-order valence-corrected chi connectivity index (χ3v) is 8.37. The summed E-state index contributed by atoms with van der Waals surface area (Å²) >= 11 is 1.27. The molecule has 2 heterocycles. The Labute approximate surface area is 208 Å². The standard InChI is InChI=1S/C24H27N3O6S2/c1-24(2,3)33-23(29)25-13-21(28)26-22-27(19-14-35(30,31)15-20(19)34-22)16-9-11-18(12-10-16)32-17-7-5-4-6-8-17/h4-12,19-20H,13-15H2,1-3H3,(H,25,29)/t19-,20+/m0/s1. The van der Waals surface area contributed by atoms with Crippen LogP contribution in [-0.2, 0) is 19.4 Å². The van der Waals surface area contributed by atoms with Gasteiger partial charge >= 0.3 is 6.09 Å². The maximum atomic E-state index is 12.5.